The molecule has 0 spiro atoms. The van der Waals surface area contributed by atoms with Crippen LogP contribution < -0.4 is 4.74 Å². The summed E-state index contributed by atoms with van der Waals surface area (Å²) in [4.78, 5) is 17.5. The highest BCUT2D eigenvalue weighted by molar-refractivity contribution is 5.79. The van der Waals surface area contributed by atoms with E-state index < -0.39 is 0 Å². The van der Waals surface area contributed by atoms with Gasteiger partial charge in [-0.3, -0.25) is 4.79 Å². The predicted molar refractivity (Wildman–Crippen MR) is 116 cm³/mol. The maximum atomic E-state index is 13.0. The average Bonchev–Trinajstić information content (AvgIpc) is 3.12. The summed E-state index contributed by atoms with van der Waals surface area (Å²) in [6.45, 7) is 5.03. The van der Waals surface area contributed by atoms with Crippen LogP contribution in [0.3, 0.4) is 0 Å². The molecule has 0 N–H and O–H groups in total. The van der Waals surface area contributed by atoms with Crippen molar-refractivity contribution in [2.24, 2.45) is 5.92 Å². The Kier molecular flexibility index (Phi) is 5.80. The van der Waals surface area contributed by atoms with Crippen molar-refractivity contribution in [2.45, 2.75) is 44.6 Å². The third-order valence-electron chi connectivity index (χ3n) is 7.05. The van der Waals surface area contributed by atoms with E-state index in [9.17, 15) is 4.79 Å². The van der Waals surface area contributed by atoms with Gasteiger partial charge in [0.25, 0.3) is 0 Å². The van der Waals surface area contributed by atoms with Gasteiger partial charge in [0.1, 0.15) is 12.4 Å². The summed E-state index contributed by atoms with van der Waals surface area (Å²) >= 11 is 0. The molecule has 3 heterocycles. The molecule has 0 aromatic heterocycles. The van der Waals surface area contributed by atoms with Crippen molar-refractivity contribution >= 4 is 5.91 Å². The maximum absolute atomic E-state index is 13.0. The molecular weight excluding hydrogens is 376 g/mol. The van der Waals surface area contributed by atoms with Gasteiger partial charge in [0, 0.05) is 44.5 Å². The lowest BCUT2D eigenvalue weighted by molar-refractivity contribution is -0.139. The summed E-state index contributed by atoms with van der Waals surface area (Å²) in [5.41, 5.74) is 4.20. The van der Waals surface area contributed by atoms with E-state index in [0.717, 1.165) is 63.9 Å². The Morgan fingerprint density at radius 2 is 1.87 bits per heavy atom. The summed E-state index contributed by atoms with van der Waals surface area (Å²) in [7, 11) is 0. The van der Waals surface area contributed by atoms with Crippen LogP contribution in [0.1, 0.15) is 36.8 Å². The van der Waals surface area contributed by atoms with Gasteiger partial charge < -0.3 is 19.3 Å². The van der Waals surface area contributed by atoms with Gasteiger partial charge >= 0.3 is 0 Å². The van der Waals surface area contributed by atoms with Crippen molar-refractivity contribution in [3.63, 3.8) is 0 Å². The van der Waals surface area contributed by atoms with Gasteiger partial charge in [-0.2, -0.15) is 0 Å². The number of nitrogens with zero attached hydrogens (tertiary/aromatic N) is 2. The number of ether oxygens (including phenoxy) is 2. The number of likely N-dealkylation sites (tertiary alicyclic amines) is 1. The number of rotatable bonds is 5. The number of carbonyl (C=O) groups is 1. The molecule has 5 rings (SSSR count). The van der Waals surface area contributed by atoms with Crippen LogP contribution in [0.4, 0.5) is 0 Å². The second-order valence-electron chi connectivity index (χ2n) is 8.89. The molecular formula is C25H32N2O3. The largest absolute Gasteiger partial charge is 0.491 e. The fourth-order valence-corrected chi connectivity index (χ4v) is 5.11. The number of hydrogen-bond donors (Lipinski definition) is 0. The van der Waals surface area contributed by atoms with Gasteiger partial charge in [0.15, 0.2) is 0 Å². The Morgan fingerprint density at radius 3 is 2.63 bits per heavy atom. The highest BCUT2D eigenvalue weighted by Crippen LogP contribution is 2.27. The number of benzene rings is 1. The lowest BCUT2D eigenvalue weighted by Crippen LogP contribution is -2.43. The van der Waals surface area contributed by atoms with Crippen molar-refractivity contribution in [2.75, 3.05) is 39.5 Å². The smallest absolute Gasteiger partial charge is 0.226 e. The van der Waals surface area contributed by atoms with Crippen LogP contribution in [0.2, 0.25) is 0 Å². The lowest BCUT2D eigenvalue weighted by atomic mass is 9.98. The molecule has 30 heavy (non-hydrogen) atoms. The minimum Gasteiger partial charge on any atom is -0.491 e. The van der Waals surface area contributed by atoms with Crippen molar-refractivity contribution in [1.82, 2.24) is 9.80 Å². The van der Waals surface area contributed by atoms with Crippen molar-refractivity contribution in [3.8, 4) is 5.75 Å². The van der Waals surface area contributed by atoms with Crippen LogP contribution in [-0.2, 0) is 22.4 Å². The van der Waals surface area contributed by atoms with Crippen LogP contribution in [0, 0.1) is 5.92 Å². The van der Waals surface area contributed by atoms with Crippen LogP contribution in [0.15, 0.2) is 42.1 Å². The SMILES string of the molecule is O=C(C1CCOCC1)N1CCC[C@@H]1COc1ccc2c(c1)CCN(C1=CC=C1)CC2. The van der Waals surface area contributed by atoms with Crippen LogP contribution in [-0.4, -0.2) is 61.2 Å². The molecule has 1 aromatic carbocycles. The Labute approximate surface area is 179 Å². The number of fused-ring (bicyclic) bond motifs is 1. The molecule has 4 aliphatic rings. The average molecular weight is 409 g/mol. The standard InChI is InChI=1S/C25H32N2O3/c28-25(20-10-15-29-16-11-20)27-12-2-5-23(27)18-30-24-7-6-19-8-13-26(22-3-1-4-22)14-9-21(19)17-24/h1,3-4,6-7,17,20,23H,2,5,8-16,18H2/t23-/m1/s1. The van der Waals surface area contributed by atoms with Crippen LogP contribution >= 0.6 is 0 Å². The molecule has 1 atom stereocenters. The van der Waals surface area contributed by atoms with Gasteiger partial charge in [-0.05, 0) is 73.9 Å². The van der Waals surface area contributed by atoms with Gasteiger partial charge in [0.05, 0.1) is 6.04 Å². The Bertz CT molecular complexity index is 841. The van der Waals surface area contributed by atoms with E-state index in [2.05, 4.69) is 46.2 Å². The van der Waals surface area contributed by atoms with Gasteiger partial charge in [-0.15, -0.1) is 0 Å². The van der Waals surface area contributed by atoms with E-state index in [1.165, 1.54) is 16.8 Å². The molecule has 0 radical (unpaired) electrons. The summed E-state index contributed by atoms with van der Waals surface area (Å²) in [6, 6.07) is 6.77. The number of amides is 1. The highest BCUT2D eigenvalue weighted by Gasteiger charge is 2.34. The first kappa shape index (κ1) is 19.7. The molecule has 2 saturated heterocycles. The number of carbonyl (C=O) groups excluding carboxylic acids is 1. The molecule has 2 fully saturated rings. The van der Waals surface area contributed by atoms with Gasteiger partial charge in [0.2, 0.25) is 5.91 Å². The first-order chi connectivity index (χ1) is 14.8. The summed E-state index contributed by atoms with van der Waals surface area (Å²) in [6.07, 6.45) is 12.5. The van der Waals surface area contributed by atoms with Crippen molar-refractivity contribution in [1.29, 1.82) is 0 Å². The van der Waals surface area contributed by atoms with Crippen molar-refractivity contribution in [3.05, 3.63) is 53.3 Å². The Hall–Kier alpha value is -2.27. The fourth-order valence-electron chi connectivity index (χ4n) is 5.11. The topological polar surface area (TPSA) is 42.0 Å². The fraction of sp³-hybridized carbons (Fsp3) is 0.560. The monoisotopic (exact) mass is 408 g/mol. The highest BCUT2D eigenvalue weighted by atomic mass is 16.5. The maximum Gasteiger partial charge on any atom is 0.226 e. The summed E-state index contributed by atoms with van der Waals surface area (Å²) in [5.74, 6) is 1.39. The molecule has 1 aromatic rings. The molecule has 1 aliphatic carbocycles. The second kappa shape index (κ2) is 8.84. The van der Waals surface area contributed by atoms with E-state index in [1.807, 2.05) is 0 Å². The zero-order valence-electron chi connectivity index (χ0n) is 17.7. The van der Waals surface area contributed by atoms with E-state index in [4.69, 9.17) is 9.47 Å². The Balaban J connectivity index is 1.18. The van der Waals surface area contributed by atoms with Gasteiger partial charge in [-0.1, -0.05) is 12.1 Å². The molecule has 5 nitrogen and oxygen atoms in total. The minimum absolute atomic E-state index is 0.135. The first-order valence-electron chi connectivity index (χ1n) is 11.5. The zero-order valence-corrected chi connectivity index (χ0v) is 17.7. The summed E-state index contributed by atoms with van der Waals surface area (Å²) < 4.78 is 11.6. The molecule has 1 amide bonds. The Morgan fingerprint density at radius 1 is 1.07 bits per heavy atom. The predicted octanol–water partition coefficient (Wildman–Crippen LogP) is 3.34. The minimum atomic E-state index is 0.135. The van der Waals surface area contributed by atoms with Crippen LogP contribution in [0.5, 0.6) is 5.75 Å². The quantitative estimate of drug-likeness (QED) is 0.750. The molecule has 160 valence electrons. The molecule has 3 aliphatic heterocycles. The van der Waals surface area contributed by atoms with Crippen LogP contribution in [0.25, 0.3) is 0 Å². The molecule has 0 bridgehead atoms. The third kappa shape index (κ3) is 4.13. The molecule has 0 saturated carbocycles. The van der Waals surface area contributed by atoms with Gasteiger partial charge in [-0.25, -0.2) is 0 Å². The normalized spacial score (nSPS) is 24.1. The van der Waals surface area contributed by atoms with E-state index in [0.29, 0.717) is 25.7 Å². The number of allylic oxidation sites excluding steroid dienone is 3. The zero-order chi connectivity index (χ0) is 20.3. The molecule has 0 unspecified atom stereocenters. The first-order valence-corrected chi connectivity index (χ1v) is 11.5. The van der Waals surface area contributed by atoms with E-state index in [-0.39, 0.29) is 12.0 Å². The van der Waals surface area contributed by atoms with E-state index in [1.54, 1.807) is 0 Å². The van der Waals surface area contributed by atoms with E-state index >= 15 is 0 Å². The molecule has 5 heteroatoms. The van der Waals surface area contributed by atoms with Crippen molar-refractivity contribution < 1.29 is 14.3 Å². The second-order valence-corrected chi connectivity index (χ2v) is 8.89. The summed E-state index contributed by atoms with van der Waals surface area (Å²) in [5, 5.41) is 0. The lowest BCUT2D eigenvalue weighted by Gasteiger charge is -2.30. The number of hydrogen-bond acceptors (Lipinski definition) is 4. The third-order valence-corrected chi connectivity index (χ3v) is 7.05.